The first-order chi connectivity index (χ1) is 16.5. The number of fused-ring (bicyclic) bond motifs is 2. The lowest BCUT2D eigenvalue weighted by Gasteiger charge is -2.11. The van der Waals surface area contributed by atoms with Crippen LogP contribution in [0.1, 0.15) is 31.2 Å². The molecule has 34 heavy (non-hydrogen) atoms. The maximum absolute atomic E-state index is 12.9. The summed E-state index contributed by atoms with van der Waals surface area (Å²) in [6.07, 6.45) is 1.71. The van der Waals surface area contributed by atoms with E-state index in [4.69, 9.17) is 16.9 Å². The van der Waals surface area contributed by atoms with Crippen molar-refractivity contribution in [1.29, 1.82) is 5.26 Å². The van der Waals surface area contributed by atoms with Crippen LogP contribution < -0.4 is 10.6 Å². The number of nitrogens with one attached hydrogen (secondary N) is 2. The highest BCUT2D eigenvalue weighted by atomic mass is 35.5. The van der Waals surface area contributed by atoms with Gasteiger partial charge in [0.1, 0.15) is 5.01 Å². The van der Waals surface area contributed by atoms with Crippen molar-refractivity contribution in [1.82, 2.24) is 10.3 Å². The van der Waals surface area contributed by atoms with Crippen molar-refractivity contribution in [2.75, 3.05) is 5.32 Å². The Morgan fingerprint density at radius 1 is 1.12 bits per heavy atom. The number of nitriles is 1. The normalized spacial score (nSPS) is 12.1. The first-order valence-corrected chi connectivity index (χ1v) is 12.2. The lowest BCUT2D eigenvalue weighted by molar-refractivity contribution is 0.0950. The average molecular weight is 503 g/mol. The van der Waals surface area contributed by atoms with E-state index in [0.29, 0.717) is 21.8 Å². The van der Waals surface area contributed by atoms with Gasteiger partial charge in [0.2, 0.25) is 0 Å². The van der Waals surface area contributed by atoms with Crippen molar-refractivity contribution in [2.45, 2.75) is 16.3 Å². The summed E-state index contributed by atoms with van der Waals surface area (Å²) >= 11 is 9.33. The van der Waals surface area contributed by atoms with Crippen molar-refractivity contribution in [3.63, 3.8) is 0 Å². The van der Waals surface area contributed by atoms with Crippen LogP contribution in [0.2, 0.25) is 5.02 Å². The van der Waals surface area contributed by atoms with Gasteiger partial charge in [-0.2, -0.15) is 5.26 Å². The molecule has 4 aromatic rings. The molecule has 0 radical (unpaired) electrons. The summed E-state index contributed by atoms with van der Waals surface area (Å²) in [5, 5.41) is 15.8. The van der Waals surface area contributed by atoms with Crippen LogP contribution in [-0.2, 0) is 6.54 Å². The largest absolute Gasteiger partial charge is 0.347 e. The Labute approximate surface area is 208 Å². The molecule has 0 spiro atoms. The summed E-state index contributed by atoms with van der Waals surface area (Å²) in [6.45, 7) is 0.284. The first kappa shape index (κ1) is 22.2. The Kier molecular flexibility index (Phi) is 6.07. The van der Waals surface area contributed by atoms with Crippen LogP contribution in [0.15, 0.2) is 76.7 Å². The van der Waals surface area contributed by atoms with E-state index in [1.54, 1.807) is 36.5 Å². The third-order valence-corrected chi connectivity index (χ3v) is 7.64. The summed E-state index contributed by atoms with van der Waals surface area (Å²) in [5.74, 6) is -0.572. The summed E-state index contributed by atoms with van der Waals surface area (Å²) in [4.78, 5) is 32.4. The van der Waals surface area contributed by atoms with Crippen LogP contribution >= 0.6 is 34.7 Å². The van der Waals surface area contributed by atoms with E-state index in [-0.39, 0.29) is 23.9 Å². The highest BCUT2D eigenvalue weighted by Gasteiger charge is 2.22. The van der Waals surface area contributed by atoms with Gasteiger partial charge in [-0.25, -0.2) is 4.98 Å². The van der Waals surface area contributed by atoms with Crippen LogP contribution in [0, 0.1) is 11.3 Å². The van der Waals surface area contributed by atoms with Gasteiger partial charge in [0.25, 0.3) is 11.8 Å². The third-order valence-electron chi connectivity index (χ3n) is 5.15. The van der Waals surface area contributed by atoms with Crippen LogP contribution in [0.5, 0.6) is 0 Å². The predicted molar refractivity (Wildman–Crippen MR) is 133 cm³/mol. The molecular weight excluding hydrogens is 488 g/mol. The smallest absolute Gasteiger partial charge is 0.256 e. The molecule has 166 valence electrons. The summed E-state index contributed by atoms with van der Waals surface area (Å²) in [6, 6.07) is 19.9. The zero-order valence-corrected chi connectivity index (χ0v) is 19.9. The molecule has 5 rings (SSSR count). The van der Waals surface area contributed by atoms with Gasteiger partial charge in [-0.1, -0.05) is 47.6 Å². The Hall–Kier alpha value is -3.64. The molecule has 0 saturated heterocycles. The number of carbonyl (C=O) groups excluding carboxylic acids is 2. The Morgan fingerprint density at radius 3 is 2.71 bits per heavy atom. The van der Waals surface area contributed by atoms with Crippen molar-refractivity contribution in [2.24, 2.45) is 0 Å². The van der Waals surface area contributed by atoms with Gasteiger partial charge in [0.15, 0.2) is 0 Å². The molecule has 0 fully saturated rings. The van der Waals surface area contributed by atoms with Gasteiger partial charge < -0.3 is 10.6 Å². The molecule has 0 aliphatic carbocycles. The maximum Gasteiger partial charge on any atom is 0.256 e. The molecule has 2 N–H and O–H groups in total. The fraction of sp³-hybridized carbons (Fsp3) is 0.0400. The number of hydrogen-bond acceptors (Lipinski definition) is 6. The first-order valence-electron chi connectivity index (χ1n) is 10.2. The zero-order chi connectivity index (χ0) is 23.7. The fourth-order valence-corrected chi connectivity index (χ4v) is 5.66. The second-order valence-corrected chi connectivity index (χ2v) is 9.99. The molecule has 0 bridgehead atoms. The number of aromatic nitrogens is 1. The number of hydrogen-bond donors (Lipinski definition) is 2. The van der Waals surface area contributed by atoms with Gasteiger partial charge in [0, 0.05) is 26.4 Å². The van der Waals surface area contributed by atoms with E-state index in [1.165, 1.54) is 23.1 Å². The second-order valence-electron chi connectivity index (χ2n) is 7.38. The molecule has 1 aromatic heterocycles. The van der Waals surface area contributed by atoms with Gasteiger partial charge in [0.05, 0.1) is 40.0 Å². The summed E-state index contributed by atoms with van der Waals surface area (Å²) in [7, 11) is 0. The number of thiazole rings is 1. The van der Waals surface area contributed by atoms with Crippen molar-refractivity contribution in [3.05, 3.63) is 93.5 Å². The number of halogens is 1. The summed E-state index contributed by atoms with van der Waals surface area (Å²) in [5.41, 5.74) is 2.90. The number of benzene rings is 3. The quantitative estimate of drug-likeness (QED) is 0.358. The lowest BCUT2D eigenvalue weighted by Crippen LogP contribution is -2.23. The standard InChI is InChI=1S/C25H15ClN4O2S2/c26-19-10-22-20(30-24(32)17-3-1-2-4-21(17)34-22)9-18(19)23(31)28-12-16-13-29-25(33-16)15-7-5-14(11-27)6-8-15/h1-10,13H,12H2,(H,28,31)(H,30,32). The predicted octanol–water partition coefficient (Wildman–Crippen LogP) is 5.98. The zero-order valence-electron chi connectivity index (χ0n) is 17.5. The van der Waals surface area contributed by atoms with E-state index in [1.807, 2.05) is 30.3 Å². The van der Waals surface area contributed by atoms with E-state index in [9.17, 15) is 9.59 Å². The minimum atomic E-state index is -0.345. The molecule has 9 heteroatoms. The molecule has 0 saturated carbocycles. The Bertz CT molecular complexity index is 1480. The van der Waals surface area contributed by atoms with Crippen molar-refractivity contribution in [3.8, 4) is 16.6 Å². The third kappa shape index (κ3) is 4.41. The molecule has 0 unspecified atom stereocenters. The molecule has 0 atom stereocenters. The van der Waals surface area contributed by atoms with Crippen LogP contribution in [0.3, 0.4) is 0 Å². The van der Waals surface area contributed by atoms with Gasteiger partial charge in [-0.05, 0) is 36.4 Å². The second kappa shape index (κ2) is 9.31. The van der Waals surface area contributed by atoms with E-state index in [2.05, 4.69) is 21.7 Å². The van der Waals surface area contributed by atoms with Gasteiger partial charge in [-0.15, -0.1) is 11.3 Å². The molecule has 6 nitrogen and oxygen atoms in total. The van der Waals surface area contributed by atoms with E-state index >= 15 is 0 Å². The maximum atomic E-state index is 12.9. The van der Waals surface area contributed by atoms with Crippen LogP contribution in [0.4, 0.5) is 5.69 Å². The molecule has 1 aliphatic heterocycles. The topological polar surface area (TPSA) is 94.9 Å². The minimum Gasteiger partial charge on any atom is -0.347 e. The highest BCUT2D eigenvalue weighted by molar-refractivity contribution is 7.99. The molecule has 2 amide bonds. The number of nitrogens with zero attached hydrogens (tertiary/aromatic N) is 2. The van der Waals surface area contributed by atoms with E-state index < -0.39 is 0 Å². The molecular formula is C25H15ClN4O2S2. The fourth-order valence-electron chi connectivity index (χ4n) is 3.44. The Balaban J connectivity index is 1.31. The minimum absolute atomic E-state index is 0.226. The average Bonchev–Trinajstić information content (AvgIpc) is 3.28. The molecule has 2 heterocycles. The van der Waals surface area contributed by atoms with Gasteiger partial charge in [-0.3, -0.25) is 9.59 Å². The monoisotopic (exact) mass is 502 g/mol. The van der Waals surface area contributed by atoms with Crippen LogP contribution in [-0.4, -0.2) is 16.8 Å². The van der Waals surface area contributed by atoms with Crippen LogP contribution in [0.25, 0.3) is 10.6 Å². The Morgan fingerprint density at radius 2 is 1.91 bits per heavy atom. The van der Waals surface area contributed by atoms with Crippen molar-refractivity contribution < 1.29 is 9.59 Å². The molecule has 3 aromatic carbocycles. The SMILES string of the molecule is N#Cc1ccc(-c2ncc(CNC(=O)c3cc4c(cc3Cl)Sc3ccccc3C(=O)N4)s2)cc1. The lowest BCUT2D eigenvalue weighted by atomic mass is 10.1. The molecule has 1 aliphatic rings. The van der Waals surface area contributed by atoms with E-state index in [0.717, 1.165) is 25.2 Å². The number of anilines is 1. The highest BCUT2D eigenvalue weighted by Crippen LogP contribution is 2.41. The number of carbonyl (C=O) groups is 2. The summed E-state index contributed by atoms with van der Waals surface area (Å²) < 4.78 is 0. The van der Waals surface area contributed by atoms with Crippen molar-refractivity contribution >= 4 is 52.2 Å². The number of amides is 2. The van der Waals surface area contributed by atoms with Gasteiger partial charge >= 0.3 is 0 Å². The number of rotatable bonds is 4.